The first-order valence-electron chi connectivity index (χ1n) is 8.63. The first kappa shape index (κ1) is 17.2. The first-order chi connectivity index (χ1) is 12.6. The molecule has 7 heteroatoms. The maximum atomic E-state index is 12.8. The van der Waals surface area contributed by atoms with Crippen LogP contribution in [0.25, 0.3) is 10.2 Å². The van der Waals surface area contributed by atoms with Crippen molar-refractivity contribution >= 4 is 39.1 Å². The molecule has 0 bridgehead atoms. The Labute approximate surface area is 159 Å². The van der Waals surface area contributed by atoms with Crippen molar-refractivity contribution in [2.24, 2.45) is 0 Å². The first-order valence-corrected chi connectivity index (χ1v) is 9.82. The van der Waals surface area contributed by atoms with E-state index >= 15 is 0 Å². The average Bonchev–Trinajstić information content (AvgIpc) is 3.02. The van der Waals surface area contributed by atoms with E-state index in [1.807, 2.05) is 11.8 Å². The number of halogens is 1. The number of carbonyl (C=O) groups is 1. The summed E-state index contributed by atoms with van der Waals surface area (Å²) in [7, 11) is 0. The van der Waals surface area contributed by atoms with E-state index in [-0.39, 0.29) is 11.5 Å². The fourth-order valence-electron chi connectivity index (χ4n) is 3.40. The lowest BCUT2D eigenvalue weighted by atomic mass is 10.0. The Hall–Kier alpha value is -2.18. The molecule has 134 valence electrons. The molecule has 0 saturated heterocycles. The van der Waals surface area contributed by atoms with E-state index < -0.39 is 0 Å². The van der Waals surface area contributed by atoms with E-state index in [1.165, 1.54) is 11.3 Å². The van der Waals surface area contributed by atoms with Crippen molar-refractivity contribution < 1.29 is 4.79 Å². The molecule has 2 aromatic heterocycles. The molecule has 1 aromatic carbocycles. The third-order valence-corrected chi connectivity index (χ3v) is 6.01. The molecule has 0 N–H and O–H groups in total. The van der Waals surface area contributed by atoms with Crippen LogP contribution in [0.3, 0.4) is 0 Å². The minimum atomic E-state index is -0.0352. The summed E-state index contributed by atoms with van der Waals surface area (Å²) in [5, 5.41) is 1.28. The Morgan fingerprint density at radius 1 is 1.38 bits per heavy atom. The SMILES string of the molecule is CCCn1cnc2sc3c(c2c1=O)CCN(C(=O)c1cccc(Cl)c1)C3. The highest BCUT2D eigenvalue weighted by molar-refractivity contribution is 7.18. The molecular formula is C19H18ClN3O2S. The lowest BCUT2D eigenvalue weighted by molar-refractivity contribution is 0.0737. The Morgan fingerprint density at radius 3 is 3.00 bits per heavy atom. The molecular weight excluding hydrogens is 370 g/mol. The van der Waals surface area contributed by atoms with Crippen LogP contribution in [0.2, 0.25) is 5.02 Å². The molecule has 0 aliphatic carbocycles. The van der Waals surface area contributed by atoms with Crippen LogP contribution in [0.15, 0.2) is 35.4 Å². The molecule has 26 heavy (non-hydrogen) atoms. The largest absolute Gasteiger partial charge is 0.333 e. The predicted molar refractivity (Wildman–Crippen MR) is 104 cm³/mol. The van der Waals surface area contributed by atoms with Crippen molar-refractivity contribution in [3.63, 3.8) is 0 Å². The van der Waals surface area contributed by atoms with Gasteiger partial charge in [-0.2, -0.15) is 0 Å². The maximum Gasteiger partial charge on any atom is 0.262 e. The molecule has 4 rings (SSSR count). The predicted octanol–water partition coefficient (Wildman–Crippen LogP) is 3.72. The van der Waals surface area contributed by atoms with Crippen LogP contribution < -0.4 is 5.56 Å². The summed E-state index contributed by atoms with van der Waals surface area (Å²) in [5.41, 5.74) is 1.68. The Morgan fingerprint density at radius 2 is 2.23 bits per heavy atom. The van der Waals surface area contributed by atoms with Gasteiger partial charge in [0.2, 0.25) is 0 Å². The zero-order valence-electron chi connectivity index (χ0n) is 14.4. The number of aryl methyl sites for hydroxylation is 1. The van der Waals surface area contributed by atoms with Gasteiger partial charge >= 0.3 is 0 Å². The molecule has 0 spiro atoms. The molecule has 3 heterocycles. The number of hydrogen-bond acceptors (Lipinski definition) is 4. The van der Waals surface area contributed by atoms with Gasteiger partial charge in [0.15, 0.2) is 0 Å². The standard InChI is InChI=1S/C19H18ClN3O2S/c1-2-7-23-11-21-17-16(19(23)25)14-6-8-22(10-15(14)26-17)18(24)12-4-3-5-13(20)9-12/h3-5,9,11H,2,6-8,10H2,1H3. The Bertz CT molecular complexity index is 1060. The van der Waals surface area contributed by atoms with Crippen molar-refractivity contribution in [1.82, 2.24) is 14.5 Å². The van der Waals surface area contributed by atoms with Gasteiger partial charge < -0.3 is 4.90 Å². The van der Waals surface area contributed by atoms with Gasteiger partial charge in [0.1, 0.15) is 4.83 Å². The highest BCUT2D eigenvalue weighted by Crippen LogP contribution is 2.32. The second-order valence-electron chi connectivity index (χ2n) is 6.41. The third-order valence-electron chi connectivity index (χ3n) is 4.65. The zero-order chi connectivity index (χ0) is 18.3. The van der Waals surface area contributed by atoms with E-state index in [2.05, 4.69) is 4.98 Å². The van der Waals surface area contributed by atoms with Crippen molar-refractivity contribution in [2.75, 3.05) is 6.54 Å². The van der Waals surface area contributed by atoms with Crippen molar-refractivity contribution in [3.8, 4) is 0 Å². The summed E-state index contributed by atoms with van der Waals surface area (Å²) < 4.78 is 1.68. The van der Waals surface area contributed by atoms with E-state index in [0.717, 1.165) is 27.1 Å². The number of nitrogens with zero attached hydrogens (tertiary/aromatic N) is 3. The minimum absolute atomic E-state index is 0.0315. The minimum Gasteiger partial charge on any atom is -0.333 e. The van der Waals surface area contributed by atoms with Gasteiger partial charge in [-0.3, -0.25) is 14.2 Å². The second kappa shape index (κ2) is 6.85. The van der Waals surface area contributed by atoms with E-state index in [4.69, 9.17) is 11.6 Å². The molecule has 1 amide bonds. The molecule has 0 fully saturated rings. The number of amides is 1. The molecule has 1 aliphatic rings. The monoisotopic (exact) mass is 387 g/mol. The van der Waals surface area contributed by atoms with Gasteiger partial charge in [-0.25, -0.2) is 4.98 Å². The Balaban J connectivity index is 1.68. The van der Waals surface area contributed by atoms with E-state index in [9.17, 15) is 9.59 Å². The number of thiophene rings is 1. The summed E-state index contributed by atoms with van der Waals surface area (Å²) >= 11 is 7.52. The number of benzene rings is 1. The van der Waals surface area contributed by atoms with Gasteiger partial charge in [0, 0.05) is 28.6 Å². The van der Waals surface area contributed by atoms with Crippen LogP contribution in [0.1, 0.15) is 34.1 Å². The summed E-state index contributed by atoms with van der Waals surface area (Å²) in [6.07, 6.45) is 3.20. The molecule has 1 aliphatic heterocycles. The Kier molecular flexibility index (Phi) is 4.54. The van der Waals surface area contributed by atoms with Crippen molar-refractivity contribution in [2.45, 2.75) is 32.9 Å². The van der Waals surface area contributed by atoms with Gasteiger partial charge in [-0.05, 0) is 36.6 Å². The highest BCUT2D eigenvalue weighted by Gasteiger charge is 2.27. The van der Waals surface area contributed by atoms with Crippen LogP contribution >= 0.6 is 22.9 Å². The highest BCUT2D eigenvalue weighted by atomic mass is 35.5. The summed E-state index contributed by atoms with van der Waals surface area (Å²) in [5.74, 6) is -0.0352. The zero-order valence-corrected chi connectivity index (χ0v) is 15.9. The summed E-state index contributed by atoms with van der Waals surface area (Å²) in [6, 6.07) is 7.01. The number of aromatic nitrogens is 2. The molecule has 0 atom stereocenters. The summed E-state index contributed by atoms with van der Waals surface area (Å²) in [6.45, 7) is 3.81. The normalized spacial score (nSPS) is 13.8. The second-order valence-corrected chi connectivity index (χ2v) is 7.93. The van der Waals surface area contributed by atoms with Crippen molar-refractivity contribution in [3.05, 3.63) is 62.0 Å². The van der Waals surface area contributed by atoms with E-state index in [0.29, 0.717) is 36.6 Å². The van der Waals surface area contributed by atoms with Gasteiger partial charge in [0.25, 0.3) is 11.5 Å². The van der Waals surface area contributed by atoms with Gasteiger partial charge in [-0.1, -0.05) is 24.6 Å². The lowest BCUT2D eigenvalue weighted by Crippen LogP contribution is -2.35. The van der Waals surface area contributed by atoms with E-state index in [1.54, 1.807) is 35.2 Å². The molecule has 0 unspecified atom stereocenters. The molecule has 0 radical (unpaired) electrons. The fraction of sp³-hybridized carbons (Fsp3) is 0.316. The fourth-order valence-corrected chi connectivity index (χ4v) is 4.78. The maximum absolute atomic E-state index is 12.8. The third kappa shape index (κ3) is 2.93. The molecule has 5 nitrogen and oxygen atoms in total. The smallest absolute Gasteiger partial charge is 0.262 e. The lowest BCUT2D eigenvalue weighted by Gasteiger charge is -2.27. The molecule has 3 aromatic rings. The van der Waals surface area contributed by atoms with Crippen LogP contribution in [-0.4, -0.2) is 26.9 Å². The van der Waals surface area contributed by atoms with Gasteiger partial charge in [0.05, 0.1) is 18.3 Å². The number of rotatable bonds is 3. The quantitative estimate of drug-likeness (QED) is 0.688. The van der Waals surface area contributed by atoms with Crippen LogP contribution in [-0.2, 0) is 19.5 Å². The molecule has 0 saturated carbocycles. The van der Waals surface area contributed by atoms with Crippen molar-refractivity contribution in [1.29, 1.82) is 0 Å². The number of carbonyl (C=O) groups excluding carboxylic acids is 1. The van der Waals surface area contributed by atoms with Gasteiger partial charge in [-0.15, -0.1) is 11.3 Å². The number of hydrogen-bond donors (Lipinski definition) is 0. The van der Waals surface area contributed by atoms with Crippen LogP contribution in [0, 0.1) is 0 Å². The average molecular weight is 388 g/mol. The van der Waals surface area contributed by atoms with Crippen LogP contribution in [0.5, 0.6) is 0 Å². The summed E-state index contributed by atoms with van der Waals surface area (Å²) in [4.78, 5) is 33.6. The van der Waals surface area contributed by atoms with Crippen LogP contribution in [0.4, 0.5) is 0 Å². The number of fused-ring (bicyclic) bond motifs is 3. The topological polar surface area (TPSA) is 55.2 Å².